The highest BCUT2D eigenvalue weighted by molar-refractivity contribution is 5.97. The van der Waals surface area contributed by atoms with Crippen molar-refractivity contribution in [1.82, 2.24) is 14.9 Å². The van der Waals surface area contributed by atoms with Crippen molar-refractivity contribution in [3.63, 3.8) is 0 Å². The molecule has 3 aromatic carbocycles. The number of nitrogens with zero attached hydrogens (tertiary/aromatic N) is 4. The molecule has 1 fully saturated rings. The number of hydrogen-bond acceptors (Lipinski definition) is 6. The Morgan fingerprint density at radius 2 is 1.60 bits per heavy atom. The van der Waals surface area contributed by atoms with Crippen LogP contribution < -0.4 is 5.32 Å². The number of anilines is 1. The number of carboxylic acids is 1. The Hall–Kier alpha value is -5.62. The first-order valence-electron chi connectivity index (χ1n) is 18.3. The lowest BCUT2D eigenvalue weighted by atomic mass is 9.71. The molecule has 266 valence electrons. The van der Waals surface area contributed by atoms with Crippen molar-refractivity contribution in [1.29, 1.82) is 5.26 Å². The summed E-state index contributed by atoms with van der Waals surface area (Å²) in [6.07, 6.45) is 16.6. The SMILES string of the molecule is CCC1CCC(C2CC=C(c3cnc(-c4ccc(CN(CC(=O)O)C(=O)c5ccc(NC(=O)Cc6ccccc6C#N)cc5)cc4)nc3)CC2)CC1. The molecule has 9 nitrogen and oxygen atoms in total. The fourth-order valence-electron chi connectivity index (χ4n) is 7.64. The standard InChI is InChI=1S/C43H45N5O4/c1-2-29-7-11-31(12-8-29)32-15-17-33(18-16-32)38-25-45-42(46-26-38)34-13-9-30(10-14-34)27-48(28-41(50)51)43(52)35-19-21-39(22-20-35)47-40(49)23-36-5-3-4-6-37(36)24-44/h3-6,9-10,13-14,17,19-22,25-26,29,31-32H,2,7-8,11-12,15-16,18,23,27-28H2,1H3,(H,47,49)(H,50,51). The Morgan fingerprint density at radius 3 is 2.23 bits per heavy atom. The number of nitriles is 1. The first kappa shape index (κ1) is 36.2. The van der Waals surface area contributed by atoms with E-state index in [9.17, 15) is 24.8 Å². The predicted molar refractivity (Wildman–Crippen MR) is 201 cm³/mol. The predicted octanol–water partition coefficient (Wildman–Crippen LogP) is 8.32. The summed E-state index contributed by atoms with van der Waals surface area (Å²) in [5.41, 5.74) is 5.85. The van der Waals surface area contributed by atoms with Crippen molar-refractivity contribution in [3.8, 4) is 17.5 Å². The molecule has 1 unspecified atom stereocenters. The number of benzene rings is 3. The molecule has 1 atom stereocenters. The van der Waals surface area contributed by atoms with Crippen LogP contribution in [0.3, 0.4) is 0 Å². The van der Waals surface area contributed by atoms with Crippen molar-refractivity contribution >= 4 is 29.0 Å². The third-order valence-electron chi connectivity index (χ3n) is 10.7. The summed E-state index contributed by atoms with van der Waals surface area (Å²) in [4.78, 5) is 48.3. The number of aromatic nitrogens is 2. The second-order valence-corrected chi connectivity index (χ2v) is 14.1. The van der Waals surface area contributed by atoms with E-state index in [0.29, 0.717) is 28.2 Å². The zero-order valence-electron chi connectivity index (χ0n) is 29.6. The van der Waals surface area contributed by atoms with Gasteiger partial charge in [0.2, 0.25) is 5.91 Å². The van der Waals surface area contributed by atoms with Gasteiger partial charge in [-0.1, -0.05) is 74.7 Å². The summed E-state index contributed by atoms with van der Waals surface area (Å²) >= 11 is 0. The number of aliphatic carboxylic acids is 1. The van der Waals surface area contributed by atoms with Gasteiger partial charge < -0.3 is 15.3 Å². The molecule has 2 N–H and O–H groups in total. The van der Waals surface area contributed by atoms with E-state index in [-0.39, 0.29) is 18.9 Å². The van der Waals surface area contributed by atoms with Crippen LogP contribution in [-0.2, 0) is 22.6 Å². The van der Waals surface area contributed by atoms with Gasteiger partial charge in [-0.05, 0) is 96.9 Å². The minimum Gasteiger partial charge on any atom is -0.480 e. The molecule has 0 aliphatic heterocycles. The summed E-state index contributed by atoms with van der Waals surface area (Å²) in [5, 5.41) is 21.6. The normalized spacial score (nSPS) is 18.5. The maximum absolute atomic E-state index is 13.4. The first-order valence-corrected chi connectivity index (χ1v) is 18.3. The Bertz CT molecular complexity index is 1940. The number of hydrogen-bond donors (Lipinski definition) is 2. The quantitative estimate of drug-likeness (QED) is 0.152. The molecule has 1 saturated carbocycles. The summed E-state index contributed by atoms with van der Waals surface area (Å²) < 4.78 is 0. The molecule has 52 heavy (non-hydrogen) atoms. The average molecular weight is 696 g/mol. The van der Waals surface area contributed by atoms with Gasteiger partial charge in [0.1, 0.15) is 6.54 Å². The van der Waals surface area contributed by atoms with Gasteiger partial charge >= 0.3 is 5.97 Å². The fraction of sp³-hybridized carbons (Fsp3) is 0.349. The van der Waals surface area contributed by atoms with Gasteiger partial charge in [0.25, 0.3) is 5.91 Å². The highest BCUT2D eigenvalue weighted by Gasteiger charge is 2.28. The Morgan fingerprint density at radius 1 is 0.885 bits per heavy atom. The molecule has 6 rings (SSSR count). The van der Waals surface area contributed by atoms with Gasteiger partial charge in [-0.25, -0.2) is 9.97 Å². The third kappa shape index (κ3) is 9.18. The molecule has 0 radical (unpaired) electrons. The van der Waals surface area contributed by atoms with E-state index < -0.39 is 18.4 Å². The van der Waals surface area contributed by atoms with Crippen LogP contribution in [0.2, 0.25) is 0 Å². The number of carboxylic acid groups (broad SMARTS) is 1. The van der Waals surface area contributed by atoms with Crippen LogP contribution in [-0.4, -0.2) is 44.3 Å². The second-order valence-electron chi connectivity index (χ2n) is 14.1. The van der Waals surface area contributed by atoms with Gasteiger partial charge in [-0.2, -0.15) is 5.26 Å². The number of nitrogens with one attached hydrogen (secondary N) is 1. The minimum atomic E-state index is -1.12. The van der Waals surface area contributed by atoms with Crippen LogP contribution >= 0.6 is 0 Å². The van der Waals surface area contributed by atoms with Gasteiger partial charge in [0.05, 0.1) is 18.1 Å². The maximum atomic E-state index is 13.4. The topological polar surface area (TPSA) is 136 Å². The zero-order chi connectivity index (χ0) is 36.5. The summed E-state index contributed by atoms with van der Waals surface area (Å²) in [7, 11) is 0. The second kappa shape index (κ2) is 17.1. The van der Waals surface area contributed by atoms with E-state index >= 15 is 0 Å². The molecule has 1 heterocycles. The minimum absolute atomic E-state index is 0.0333. The summed E-state index contributed by atoms with van der Waals surface area (Å²) in [6, 6.07) is 22.8. The van der Waals surface area contributed by atoms with Gasteiger partial charge in [0, 0.05) is 41.3 Å². The number of rotatable bonds is 12. The van der Waals surface area contributed by atoms with Gasteiger partial charge in [-0.15, -0.1) is 0 Å². The molecule has 2 aliphatic rings. The lowest BCUT2D eigenvalue weighted by molar-refractivity contribution is -0.137. The summed E-state index contributed by atoms with van der Waals surface area (Å²) in [5.74, 6) is 1.34. The van der Waals surface area contributed by atoms with E-state index in [2.05, 4.69) is 34.4 Å². The third-order valence-corrected chi connectivity index (χ3v) is 10.7. The van der Waals surface area contributed by atoms with Crippen LogP contribution in [0.25, 0.3) is 17.0 Å². The number of carbonyl (C=O) groups excluding carboxylic acids is 2. The van der Waals surface area contributed by atoms with E-state index in [1.54, 1.807) is 48.5 Å². The van der Waals surface area contributed by atoms with Crippen molar-refractivity contribution in [2.24, 2.45) is 17.8 Å². The van der Waals surface area contributed by atoms with E-state index in [1.807, 2.05) is 36.7 Å². The fourth-order valence-corrected chi connectivity index (χ4v) is 7.64. The molecule has 2 aliphatic carbocycles. The lowest BCUT2D eigenvalue weighted by Gasteiger charge is -2.35. The molecule has 4 aromatic rings. The molecule has 9 heteroatoms. The van der Waals surface area contributed by atoms with Crippen molar-refractivity contribution < 1.29 is 19.5 Å². The number of allylic oxidation sites excluding steroid dienone is 2. The zero-order valence-corrected chi connectivity index (χ0v) is 29.6. The van der Waals surface area contributed by atoms with Crippen molar-refractivity contribution in [2.75, 3.05) is 11.9 Å². The van der Waals surface area contributed by atoms with Crippen molar-refractivity contribution in [2.45, 2.75) is 71.3 Å². The van der Waals surface area contributed by atoms with E-state index in [0.717, 1.165) is 47.3 Å². The molecule has 2 amide bonds. The molecule has 0 saturated heterocycles. The van der Waals surface area contributed by atoms with Crippen LogP contribution in [0.4, 0.5) is 5.69 Å². The highest BCUT2D eigenvalue weighted by atomic mass is 16.4. The smallest absolute Gasteiger partial charge is 0.323 e. The van der Waals surface area contributed by atoms with E-state index in [4.69, 9.17) is 0 Å². The monoisotopic (exact) mass is 695 g/mol. The largest absolute Gasteiger partial charge is 0.480 e. The Kier molecular flexibility index (Phi) is 11.9. The van der Waals surface area contributed by atoms with Gasteiger partial charge in [0.15, 0.2) is 5.82 Å². The summed E-state index contributed by atoms with van der Waals surface area (Å²) in [6.45, 7) is 1.94. The molecule has 1 aromatic heterocycles. The first-order chi connectivity index (χ1) is 25.3. The van der Waals surface area contributed by atoms with Crippen LogP contribution in [0.15, 0.2) is 91.3 Å². The maximum Gasteiger partial charge on any atom is 0.323 e. The molecule has 0 spiro atoms. The number of amides is 2. The van der Waals surface area contributed by atoms with Crippen LogP contribution in [0, 0.1) is 29.1 Å². The average Bonchev–Trinajstić information content (AvgIpc) is 3.18. The lowest BCUT2D eigenvalue weighted by Crippen LogP contribution is -2.35. The van der Waals surface area contributed by atoms with Crippen LogP contribution in [0.1, 0.15) is 90.9 Å². The molecular weight excluding hydrogens is 651 g/mol. The van der Waals surface area contributed by atoms with Gasteiger partial charge in [-0.3, -0.25) is 14.4 Å². The van der Waals surface area contributed by atoms with Crippen LogP contribution in [0.5, 0.6) is 0 Å². The highest BCUT2D eigenvalue weighted by Crippen LogP contribution is 2.41. The van der Waals surface area contributed by atoms with E-state index in [1.165, 1.54) is 49.0 Å². The molecule has 0 bridgehead atoms. The molecular formula is C43H45N5O4. The number of carbonyl (C=O) groups is 3. The Balaban J connectivity index is 1.04. The Labute approximate surface area is 305 Å². The van der Waals surface area contributed by atoms with Crippen molar-refractivity contribution in [3.05, 3.63) is 119 Å².